The maximum atomic E-state index is 13.7. The van der Waals surface area contributed by atoms with Crippen LogP contribution in [0.3, 0.4) is 0 Å². The Morgan fingerprint density at radius 2 is 1.92 bits per heavy atom. The Hall–Kier alpha value is -3.97. The van der Waals surface area contributed by atoms with Gasteiger partial charge in [0.05, 0.1) is 28.5 Å². The zero-order valence-corrected chi connectivity index (χ0v) is 21.1. The molecule has 2 aliphatic rings. The van der Waals surface area contributed by atoms with E-state index in [1.165, 1.54) is 11.3 Å². The van der Waals surface area contributed by atoms with Gasteiger partial charge in [0.1, 0.15) is 11.9 Å². The fourth-order valence-electron chi connectivity index (χ4n) is 4.36. The molecular formula is C29H26N2O4S. The van der Waals surface area contributed by atoms with Gasteiger partial charge in [0.2, 0.25) is 0 Å². The monoisotopic (exact) mass is 498 g/mol. The number of fused-ring (bicyclic) bond motifs is 2. The van der Waals surface area contributed by atoms with Gasteiger partial charge in [0, 0.05) is 5.56 Å². The molecule has 0 amide bonds. The minimum atomic E-state index is -0.627. The zero-order chi connectivity index (χ0) is 25.2. The number of ether oxygens (including phenoxy) is 2. The first-order chi connectivity index (χ1) is 17.5. The first-order valence-electron chi connectivity index (χ1n) is 11.9. The summed E-state index contributed by atoms with van der Waals surface area (Å²) < 4.78 is 13.5. The van der Waals surface area contributed by atoms with Crippen LogP contribution in [0.25, 0.3) is 18.2 Å². The molecule has 2 aliphatic heterocycles. The molecule has 0 saturated heterocycles. The first kappa shape index (κ1) is 23.8. The Bertz CT molecular complexity index is 1590. The normalized spacial score (nSPS) is 19.3. The van der Waals surface area contributed by atoms with Crippen LogP contribution in [0.4, 0.5) is 0 Å². The van der Waals surface area contributed by atoms with E-state index in [-0.39, 0.29) is 18.3 Å². The number of nitrogens with zero attached hydrogens (tertiary/aromatic N) is 2. The summed E-state index contributed by atoms with van der Waals surface area (Å²) in [5, 5.41) is 0. The Morgan fingerprint density at radius 3 is 2.69 bits per heavy atom. The summed E-state index contributed by atoms with van der Waals surface area (Å²) in [5.74, 6) is 0.355. The van der Waals surface area contributed by atoms with Gasteiger partial charge in [0.25, 0.3) is 5.56 Å². The molecule has 0 N–H and O–H groups in total. The summed E-state index contributed by atoms with van der Waals surface area (Å²) in [6.45, 7) is 5.74. The minimum Gasteiger partial charge on any atom is -0.485 e. The molecule has 5 rings (SSSR count). The number of thiazole rings is 1. The molecule has 0 spiro atoms. The second kappa shape index (κ2) is 9.95. The highest BCUT2D eigenvalue weighted by molar-refractivity contribution is 7.07. The molecule has 3 aromatic rings. The molecule has 3 heterocycles. The zero-order valence-electron chi connectivity index (χ0n) is 20.3. The van der Waals surface area contributed by atoms with Gasteiger partial charge in [-0.05, 0) is 50.1 Å². The molecule has 36 heavy (non-hydrogen) atoms. The van der Waals surface area contributed by atoms with Crippen molar-refractivity contribution in [3.05, 3.63) is 108 Å². The number of esters is 1. The van der Waals surface area contributed by atoms with E-state index in [4.69, 9.17) is 9.47 Å². The van der Waals surface area contributed by atoms with Crippen LogP contribution in [0.2, 0.25) is 0 Å². The number of para-hydroxylation sites is 1. The van der Waals surface area contributed by atoms with E-state index in [0.29, 0.717) is 20.6 Å². The predicted octanol–water partition coefficient (Wildman–Crippen LogP) is 4.28. The Balaban J connectivity index is 1.64. The SMILES string of the molecule is CCOC(=O)C1=C(C)N=c2s/c(=C\C3=Cc4ccccc4O[C@@H]3C)c(=O)n2[C@H]1/C=C/c1ccccc1. The molecule has 0 radical (unpaired) electrons. The van der Waals surface area contributed by atoms with Gasteiger partial charge in [-0.2, -0.15) is 0 Å². The fraction of sp³-hybridized carbons (Fsp3) is 0.207. The molecule has 182 valence electrons. The lowest BCUT2D eigenvalue weighted by molar-refractivity contribution is -0.139. The summed E-state index contributed by atoms with van der Waals surface area (Å²) in [6, 6.07) is 17.0. The average molecular weight is 499 g/mol. The summed E-state index contributed by atoms with van der Waals surface area (Å²) >= 11 is 1.31. The second-order valence-electron chi connectivity index (χ2n) is 8.56. The number of carbonyl (C=O) groups excluding carboxylic acids is 1. The van der Waals surface area contributed by atoms with Crippen LogP contribution in [0.1, 0.15) is 37.9 Å². The van der Waals surface area contributed by atoms with Crippen LogP contribution in [-0.2, 0) is 9.53 Å². The topological polar surface area (TPSA) is 69.9 Å². The molecular weight excluding hydrogens is 472 g/mol. The second-order valence-corrected chi connectivity index (χ2v) is 9.57. The molecule has 1 aromatic heterocycles. The molecule has 0 fully saturated rings. The molecule has 2 aromatic carbocycles. The van der Waals surface area contributed by atoms with E-state index < -0.39 is 12.0 Å². The van der Waals surface area contributed by atoms with E-state index in [1.807, 2.05) is 85.8 Å². The van der Waals surface area contributed by atoms with Crippen molar-refractivity contribution < 1.29 is 14.3 Å². The Kier molecular flexibility index (Phi) is 6.57. The fourth-order valence-corrected chi connectivity index (χ4v) is 5.41. The van der Waals surface area contributed by atoms with Crippen LogP contribution in [0.5, 0.6) is 5.75 Å². The highest BCUT2D eigenvalue weighted by Crippen LogP contribution is 2.30. The molecule has 0 aliphatic carbocycles. The van der Waals surface area contributed by atoms with Crippen molar-refractivity contribution in [2.24, 2.45) is 4.99 Å². The van der Waals surface area contributed by atoms with Gasteiger partial charge in [-0.25, -0.2) is 9.79 Å². The Morgan fingerprint density at radius 1 is 1.17 bits per heavy atom. The number of rotatable bonds is 5. The molecule has 0 bridgehead atoms. The van der Waals surface area contributed by atoms with Crippen molar-refractivity contribution in [1.82, 2.24) is 4.57 Å². The molecule has 7 heteroatoms. The smallest absolute Gasteiger partial charge is 0.338 e. The van der Waals surface area contributed by atoms with Gasteiger partial charge >= 0.3 is 5.97 Å². The Labute approximate surface area is 212 Å². The van der Waals surface area contributed by atoms with E-state index >= 15 is 0 Å². The maximum absolute atomic E-state index is 13.7. The average Bonchev–Trinajstić information content (AvgIpc) is 3.17. The third-order valence-corrected chi connectivity index (χ3v) is 7.12. The van der Waals surface area contributed by atoms with Crippen molar-refractivity contribution in [2.75, 3.05) is 6.61 Å². The predicted molar refractivity (Wildman–Crippen MR) is 142 cm³/mol. The number of carbonyl (C=O) groups is 1. The van der Waals surface area contributed by atoms with Crippen LogP contribution < -0.4 is 19.6 Å². The van der Waals surface area contributed by atoms with Crippen LogP contribution in [0, 0.1) is 0 Å². The molecule has 0 saturated carbocycles. The van der Waals surface area contributed by atoms with E-state index in [9.17, 15) is 9.59 Å². The van der Waals surface area contributed by atoms with Gasteiger partial charge < -0.3 is 9.47 Å². The van der Waals surface area contributed by atoms with Crippen LogP contribution >= 0.6 is 11.3 Å². The first-order valence-corrected chi connectivity index (χ1v) is 12.7. The van der Waals surface area contributed by atoms with Crippen LogP contribution in [0.15, 0.2) is 87.3 Å². The van der Waals surface area contributed by atoms with Crippen molar-refractivity contribution in [3.63, 3.8) is 0 Å². The van der Waals surface area contributed by atoms with Crippen molar-refractivity contribution in [2.45, 2.75) is 32.9 Å². The van der Waals surface area contributed by atoms with E-state index in [2.05, 4.69) is 4.99 Å². The summed E-state index contributed by atoms with van der Waals surface area (Å²) in [7, 11) is 0. The molecule has 6 nitrogen and oxygen atoms in total. The highest BCUT2D eigenvalue weighted by atomic mass is 32.1. The minimum absolute atomic E-state index is 0.205. The summed E-state index contributed by atoms with van der Waals surface area (Å²) in [6.07, 6.45) is 7.48. The third-order valence-electron chi connectivity index (χ3n) is 6.14. The number of benzene rings is 2. The number of aromatic nitrogens is 1. The van der Waals surface area contributed by atoms with Gasteiger partial charge in [-0.1, -0.05) is 72.0 Å². The lowest BCUT2D eigenvalue weighted by Crippen LogP contribution is -2.38. The third kappa shape index (κ3) is 4.50. The lowest BCUT2D eigenvalue weighted by Gasteiger charge is -2.22. The summed E-state index contributed by atoms with van der Waals surface area (Å²) in [5.41, 5.74) is 3.55. The molecule has 2 atom stereocenters. The maximum Gasteiger partial charge on any atom is 0.338 e. The van der Waals surface area contributed by atoms with Gasteiger partial charge in [-0.15, -0.1) is 0 Å². The number of hydrogen-bond acceptors (Lipinski definition) is 6. The van der Waals surface area contributed by atoms with Gasteiger partial charge in [0.15, 0.2) is 4.80 Å². The van der Waals surface area contributed by atoms with E-state index in [1.54, 1.807) is 18.4 Å². The van der Waals surface area contributed by atoms with Crippen molar-refractivity contribution in [1.29, 1.82) is 0 Å². The lowest BCUT2D eigenvalue weighted by atomic mass is 10.0. The highest BCUT2D eigenvalue weighted by Gasteiger charge is 2.30. The van der Waals surface area contributed by atoms with Crippen LogP contribution in [-0.4, -0.2) is 23.2 Å². The van der Waals surface area contributed by atoms with Crippen molar-refractivity contribution in [3.8, 4) is 5.75 Å². The quantitative estimate of drug-likeness (QED) is 0.493. The standard InChI is InChI=1S/C29H26N2O4S/c1-4-34-28(33)26-18(2)30-29-31(23(26)15-14-20-10-6-5-7-11-20)27(32)25(36-29)17-22-16-21-12-8-9-13-24(21)35-19(22)3/h5-17,19,23H,4H2,1-3H3/b15-14+,25-17-/t19-,23+/m1/s1. The molecule has 0 unspecified atom stereocenters. The number of hydrogen-bond donors (Lipinski definition) is 0. The largest absolute Gasteiger partial charge is 0.485 e. The number of allylic oxidation sites excluding steroid dienone is 2. The van der Waals surface area contributed by atoms with E-state index in [0.717, 1.165) is 22.4 Å². The van der Waals surface area contributed by atoms with Gasteiger partial charge in [-0.3, -0.25) is 9.36 Å². The summed E-state index contributed by atoms with van der Waals surface area (Å²) in [4.78, 5) is 31.8. The van der Waals surface area contributed by atoms with Crippen molar-refractivity contribution >= 4 is 35.5 Å².